The lowest BCUT2D eigenvalue weighted by Gasteiger charge is -2.35. The first-order chi connectivity index (χ1) is 9.32. The number of sulfonamides is 1. The number of aryl methyl sites for hydroxylation is 1. The summed E-state index contributed by atoms with van der Waals surface area (Å²) >= 11 is 0. The molecule has 1 saturated heterocycles. The number of aromatic amines is 1. The summed E-state index contributed by atoms with van der Waals surface area (Å²) in [7, 11) is -3.57. The fraction of sp³-hybridized carbons (Fsp3) is 0.636. The first-order valence-corrected chi connectivity index (χ1v) is 7.75. The molecule has 0 radical (unpaired) electrons. The molecule has 0 spiro atoms. The minimum atomic E-state index is -3.57. The van der Waals surface area contributed by atoms with Crippen LogP contribution >= 0.6 is 0 Å². The van der Waals surface area contributed by atoms with E-state index in [0.29, 0.717) is 18.9 Å². The van der Waals surface area contributed by atoms with Gasteiger partial charge in [-0.05, 0) is 13.8 Å². The van der Waals surface area contributed by atoms with Gasteiger partial charge < -0.3 is 10.1 Å². The molecule has 1 aliphatic rings. The van der Waals surface area contributed by atoms with E-state index in [1.165, 1.54) is 10.5 Å². The molecule has 2 N–H and O–H groups in total. The van der Waals surface area contributed by atoms with Crippen LogP contribution in [0.3, 0.4) is 0 Å². The Kier molecular flexibility index (Phi) is 4.11. The van der Waals surface area contributed by atoms with Crippen LogP contribution in [0.15, 0.2) is 11.2 Å². The molecular formula is C11H18N4O4S. The number of carboxylic acid groups (broad SMARTS) is 1. The van der Waals surface area contributed by atoms with E-state index >= 15 is 0 Å². The number of carboxylic acids is 1. The highest BCUT2D eigenvalue weighted by molar-refractivity contribution is 7.89. The first kappa shape index (κ1) is 14.9. The number of hydrogen-bond donors (Lipinski definition) is 2. The van der Waals surface area contributed by atoms with Crippen LogP contribution in [0, 0.1) is 6.92 Å². The quantitative estimate of drug-likeness (QED) is 0.776. The maximum absolute atomic E-state index is 12.3. The average Bonchev–Trinajstić information content (AvgIpc) is 2.85. The Bertz CT molecular complexity index is 589. The van der Waals surface area contributed by atoms with Gasteiger partial charge in [-0.25, -0.2) is 13.4 Å². The van der Waals surface area contributed by atoms with Gasteiger partial charge in [0.2, 0.25) is 0 Å². The third-order valence-corrected chi connectivity index (χ3v) is 5.28. The van der Waals surface area contributed by atoms with E-state index in [0.717, 1.165) is 0 Å². The number of hydrogen-bond acceptors (Lipinski definition) is 5. The molecule has 9 heteroatoms. The number of carbonyl (C=O) groups is 1. The SMILES string of the molecule is Cc1ncc(S(=O)(=O)N2CCN(C(C)C(=O)O)CC2)[nH]1. The largest absolute Gasteiger partial charge is 0.480 e. The monoisotopic (exact) mass is 302 g/mol. The van der Waals surface area contributed by atoms with Crippen LogP contribution < -0.4 is 0 Å². The van der Waals surface area contributed by atoms with Crippen molar-refractivity contribution in [2.24, 2.45) is 0 Å². The van der Waals surface area contributed by atoms with E-state index in [-0.39, 0.29) is 18.1 Å². The number of piperazine rings is 1. The topological polar surface area (TPSA) is 107 Å². The molecule has 1 aromatic rings. The molecule has 0 saturated carbocycles. The summed E-state index contributed by atoms with van der Waals surface area (Å²) in [6.45, 7) is 4.64. The molecule has 2 heterocycles. The Morgan fingerprint density at radius 1 is 1.40 bits per heavy atom. The van der Waals surface area contributed by atoms with Crippen LogP contribution in [0.2, 0.25) is 0 Å². The second-order valence-corrected chi connectivity index (χ2v) is 6.69. The molecule has 1 atom stereocenters. The van der Waals surface area contributed by atoms with Gasteiger partial charge in [-0.1, -0.05) is 0 Å². The van der Waals surface area contributed by atoms with Gasteiger partial charge in [0.15, 0.2) is 5.03 Å². The van der Waals surface area contributed by atoms with Crippen LogP contribution in [0.25, 0.3) is 0 Å². The zero-order valence-electron chi connectivity index (χ0n) is 11.4. The lowest BCUT2D eigenvalue weighted by atomic mass is 10.2. The molecule has 1 unspecified atom stereocenters. The van der Waals surface area contributed by atoms with Gasteiger partial charge in [0.25, 0.3) is 10.0 Å². The number of aromatic nitrogens is 2. The van der Waals surface area contributed by atoms with E-state index in [2.05, 4.69) is 9.97 Å². The summed E-state index contributed by atoms with van der Waals surface area (Å²) < 4.78 is 26.0. The summed E-state index contributed by atoms with van der Waals surface area (Å²) in [5.41, 5.74) is 0. The minimum Gasteiger partial charge on any atom is -0.480 e. The highest BCUT2D eigenvalue weighted by Crippen LogP contribution is 2.16. The summed E-state index contributed by atoms with van der Waals surface area (Å²) in [6, 6.07) is -0.603. The number of nitrogens with zero attached hydrogens (tertiary/aromatic N) is 3. The van der Waals surface area contributed by atoms with E-state index < -0.39 is 22.0 Å². The number of H-pyrrole nitrogens is 1. The van der Waals surface area contributed by atoms with E-state index in [1.54, 1.807) is 18.7 Å². The molecule has 1 aromatic heterocycles. The zero-order chi connectivity index (χ0) is 14.9. The van der Waals surface area contributed by atoms with Gasteiger partial charge >= 0.3 is 5.97 Å². The van der Waals surface area contributed by atoms with Gasteiger partial charge in [0, 0.05) is 26.2 Å². The number of rotatable bonds is 4. The second-order valence-electron chi connectivity index (χ2n) is 4.79. The van der Waals surface area contributed by atoms with Gasteiger partial charge in [-0.15, -0.1) is 0 Å². The maximum atomic E-state index is 12.3. The standard InChI is InChI=1S/C11H18N4O4S/c1-8(11(16)17)14-3-5-15(6-4-14)20(18,19)10-7-12-9(2)13-10/h7-8H,3-6H2,1-2H3,(H,12,13)(H,16,17). The molecule has 2 rings (SSSR count). The van der Waals surface area contributed by atoms with Crippen molar-refractivity contribution in [2.45, 2.75) is 24.9 Å². The Labute approximate surface area is 117 Å². The average molecular weight is 302 g/mol. The van der Waals surface area contributed by atoms with Crippen LogP contribution in [-0.2, 0) is 14.8 Å². The van der Waals surface area contributed by atoms with Crippen molar-refractivity contribution >= 4 is 16.0 Å². The van der Waals surface area contributed by atoms with Crippen LogP contribution in [0.4, 0.5) is 0 Å². The van der Waals surface area contributed by atoms with Crippen molar-refractivity contribution in [3.05, 3.63) is 12.0 Å². The summed E-state index contributed by atoms with van der Waals surface area (Å²) in [4.78, 5) is 19.3. The van der Waals surface area contributed by atoms with Gasteiger partial charge in [0.1, 0.15) is 11.9 Å². The Balaban J connectivity index is 2.05. The van der Waals surface area contributed by atoms with E-state index in [1.807, 2.05) is 0 Å². The fourth-order valence-corrected chi connectivity index (χ4v) is 3.54. The lowest BCUT2D eigenvalue weighted by Crippen LogP contribution is -2.53. The summed E-state index contributed by atoms with van der Waals surface area (Å²) in [6.07, 6.45) is 1.30. The van der Waals surface area contributed by atoms with E-state index in [9.17, 15) is 13.2 Å². The molecule has 1 fully saturated rings. The lowest BCUT2D eigenvalue weighted by molar-refractivity contribution is -0.143. The van der Waals surface area contributed by atoms with Gasteiger partial charge in [0.05, 0.1) is 6.20 Å². The van der Waals surface area contributed by atoms with Crippen molar-refractivity contribution in [1.29, 1.82) is 0 Å². The number of nitrogens with one attached hydrogen (secondary N) is 1. The third kappa shape index (κ3) is 2.84. The van der Waals surface area contributed by atoms with Crippen LogP contribution in [-0.4, -0.2) is 70.9 Å². The number of aliphatic carboxylic acids is 1. The van der Waals surface area contributed by atoms with Crippen molar-refractivity contribution in [3.8, 4) is 0 Å². The zero-order valence-corrected chi connectivity index (χ0v) is 12.2. The van der Waals surface area contributed by atoms with Crippen molar-refractivity contribution in [1.82, 2.24) is 19.2 Å². The highest BCUT2D eigenvalue weighted by Gasteiger charge is 2.32. The molecule has 0 aromatic carbocycles. The molecule has 1 aliphatic heterocycles. The Morgan fingerprint density at radius 2 is 2.00 bits per heavy atom. The molecule has 0 aliphatic carbocycles. The fourth-order valence-electron chi connectivity index (χ4n) is 2.16. The van der Waals surface area contributed by atoms with Gasteiger partial charge in [-0.2, -0.15) is 4.31 Å². The Hall–Kier alpha value is -1.45. The maximum Gasteiger partial charge on any atom is 0.320 e. The second kappa shape index (κ2) is 5.51. The first-order valence-electron chi connectivity index (χ1n) is 6.31. The minimum absolute atomic E-state index is 0.0785. The van der Waals surface area contributed by atoms with Crippen molar-refractivity contribution < 1.29 is 18.3 Å². The normalized spacial score (nSPS) is 19.9. The van der Waals surface area contributed by atoms with Crippen molar-refractivity contribution in [2.75, 3.05) is 26.2 Å². The molecule has 8 nitrogen and oxygen atoms in total. The highest BCUT2D eigenvalue weighted by atomic mass is 32.2. The molecule has 20 heavy (non-hydrogen) atoms. The summed E-state index contributed by atoms with van der Waals surface area (Å²) in [5.74, 6) is -0.354. The van der Waals surface area contributed by atoms with Crippen LogP contribution in [0.5, 0.6) is 0 Å². The third-order valence-electron chi connectivity index (χ3n) is 3.48. The van der Waals surface area contributed by atoms with E-state index in [4.69, 9.17) is 5.11 Å². The molecule has 0 bridgehead atoms. The molecule has 112 valence electrons. The van der Waals surface area contributed by atoms with Crippen LogP contribution in [0.1, 0.15) is 12.7 Å². The Morgan fingerprint density at radius 3 is 2.45 bits per heavy atom. The molecular weight excluding hydrogens is 284 g/mol. The predicted octanol–water partition coefficient (Wildman–Crippen LogP) is -0.502. The van der Waals surface area contributed by atoms with Gasteiger partial charge in [-0.3, -0.25) is 9.69 Å². The van der Waals surface area contributed by atoms with Crippen molar-refractivity contribution in [3.63, 3.8) is 0 Å². The predicted molar refractivity (Wildman–Crippen MR) is 70.8 cm³/mol. The smallest absolute Gasteiger partial charge is 0.320 e. The number of imidazole rings is 1. The molecule has 0 amide bonds. The summed E-state index contributed by atoms with van der Waals surface area (Å²) in [5, 5.41) is 9.03.